The molecule has 1 aromatic heterocycles. The molecule has 0 aliphatic carbocycles. The number of nitrogens with zero attached hydrogens (tertiary/aromatic N) is 4. The summed E-state index contributed by atoms with van der Waals surface area (Å²) in [6.07, 6.45) is 2.94. The second-order valence-corrected chi connectivity index (χ2v) is 3.94. The molecule has 3 rings (SSSR count). The maximum Gasteiger partial charge on any atom is 0.285 e. The molecule has 0 spiro atoms. The minimum absolute atomic E-state index is 0.162. The molecule has 0 radical (unpaired) electrons. The fraction of sp³-hybridized carbons (Fsp3) is 0.167. The van der Waals surface area contributed by atoms with E-state index >= 15 is 0 Å². The number of fused-ring (bicyclic) bond motifs is 1. The highest BCUT2D eigenvalue weighted by Crippen LogP contribution is 2.22. The molecule has 7 heteroatoms. The number of hydrogen-bond donors (Lipinski definition) is 0. The van der Waals surface area contributed by atoms with Crippen molar-refractivity contribution >= 4 is 11.8 Å². The van der Waals surface area contributed by atoms with Crippen molar-refractivity contribution in [2.24, 2.45) is 0 Å². The maximum absolute atomic E-state index is 11.9. The minimum Gasteiger partial charge on any atom is -0.266 e. The van der Waals surface area contributed by atoms with Crippen molar-refractivity contribution in [2.75, 3.05) is 6.61 Å². The largest absolute Gasteiger partial charge is 0.285 e. The lowest BCUT2D eigenvalue weighted by Crippen LogP contribution is -2.31. The van der Waals surface area contributed by atoms with Gasteiger partial charge in [-0.15, -0.1) is 5.06 Å². The highest BCUT2D eigenvalue weighted by atomic mass is 16.7. The summed E-state index contributed by atoms with van der Waals surface area (Å²) in [5.41, 5.74) is 0.738. The van der Waals surface area contributed by atoms with Gasteiger partial charge in [0.2, 0.25) is 0 Å². The summed E-state index contributed by atoms with van der Waals surface area (Å²) in [6.45, 7) is 0.572. The molecule has 96 valence electrons. The number of hydroxylamine groups is 2. The monoisotopic (exact) mass is 258 g/mol. The van der Waals surface area contributed by atoms with Gasteiger partial charge in [0, 0.05) is 0 Å². The fourth-order valence-corrected chi connectivity index (χ4v) is 1.86. The van der Waals surface area contributed by atoms with Crippen LogP contribution in [0.2, 0.25) is 0 Å². The van der Waals surface area contributed by atoms with Crippen LogP contribution in [-0.2, 0) is 11.4 Å². The summed E-state index contributed by atoms with van der Waals surface area (Å²) < 4.78 is 1.55. The number of benzene rings is 1. The zero-order valence-electron chi connectivity index (χ0n) is 9.89. The molecular formula is C12H10N4O3. The molecule has 0 saturated carbocycles. The molecule has 2 amide bonds. The number of amides is 2. The first-order chi connectivity index (χ1) is 9.27. The smallest absolute Gasteiger partial charge is 0.266 e. The number of imide groups is 1. The number of carbonyl (C=O) groups is 2. The van der Waals surface area contributed by atoms with Gasteiger partial charge in [-0.3, -0.25) is 19.1 Å². The average Bonchev–Trinajstić information content (AvgIpc) is 3.02. The molecule has 2 heterocycles. The molecule has 0 unspecified atom stereocenters. The Balaban J connectivity index is 1.67. The van der Waals surface area contributed by atoms with E-state index in [1.807, 2.05) is 0 Å². The Bertz CT molecular complexity index is 589. The van der Waals surface area contributed by atoms with E-state index in [9.17, 15) is 9.59 Å². The normalized spacial score (nSPS) is 14.0. The van der Waals surface area contributed by atoms with Crippen molar-refractivity contribution in [1.82, 2.24) is 19.8 Å². The Kier molecular flexibility index (Phi) is 2.81. The maximum atomic E-state index is 11.9. The Morgan fingerprint density at radius 3 is 2.37 bits per heavy atom. The van der Waals surface area contributed by atoms with Crippen LogP contribution in [0.4, 0.5) is 0 Å². The van der Waals surface area contributed by atoms with Crippen molar-refractivity contribution in [2.45, 2.75) is 6.54 Å². The van der Waals surface area contributed by atoms with E-state index in [4.69, 9.17) is 4.84 Å². The Morgan fingerprint density at radius 2 is 1.79 bits per heavy atom. The first-order valence-corrected chi connectivity index (χ1v) is 5.70. The third-order valence-electron chi connectivity index (χ3n) is 2.76. The van der Waals surface area contributed by atoms with Gasteiger partial charge in [-0.2, -0.15) is 5.10 Å². The van der Waals surface area contributed by atoms with Crippen molar-refractivity contribution in [3.63, 3.8) is 0 Å². The molecule has 19 heavy (non-hydrogen) atoms. The van der Waals surface area contributed by atoms with Crippen LogP contribution in [0, 0.1) is 0 Å². The topological polar surface area (TPSA) is 77.3 Å². The Hall–Kier alpha value is -2.54. The lowest BCUT2D eigenvalue weighted by molar-refractivity contribution is -0.0941. The van der Waals surface area contributed by atoms with Crippen LogP contribution < -0.4 is 0 Å². The SMILES string of the molecule is O=C1c2ccccc2C(=O)N1OCCn1cncn1. The van der Waals surface area contributed by atoms with Crippen LogP contribution in [0.1, 0.15) is 20.7 Å². The van der Waals surface area contributed by atoms with Crippen LogP contribution in [0.5, 0.6) is 0 Å². The molecule has 7 nitrogen and oxygen atoms in total. The number of rotatable bonds is 4. The van der Waals surface area contributed by atoms with E-state index in [1.54, 1.807) is 28.9 Å². The quantitative estimate of drug-likeness (QED) is 0.746. The first-order valence-electron chi connectivity index (χ1n) is 5.70. The number of hydrogen-bond acceptors (Lipinski definition) is 5. The van der Waals surface area contributed by atoms with E-state index in [0.717, 1.165) is 5.06 Å². The molecule has 1 aromatic carbocycles. The van der Waals surface area contributed by atoms with Gasteiger partial charge in [0.15, 0.2) is 0 Å². The van der Waals surface area contributed by atoms with E-state index in [-0.39, 0.29) is 6.61 Å². The summed E-state index contributed by atoms with van der Waals surface area (Å²) in [4.78, 5) is 32.9. The standard InChI is InChI=1S/C12H10N4O3/c17-11-9-3-1-2-4-10(9)12(18)16(11)19-6-5-15-8-13-7-14-15/h1-4,7-8H,5-6H2. The second kappa shape index (κ2) is 4.62. The summed E-state index contributed by atoms with van der Waals surface area (Å²) in [7, 11) is 0. The van der Waals surface area contributed by atoms with Gasteiger partial charge in [0.05, 0.1) is 24.3 Å². The first kappa shape index (κ1) is 11.5. The lowest BCUT2D eigenvalue weighted by atomic mass is 10.1. The molecule has 1 aliphatic rings. The molecule has 0 saturated heterocycles. The van der Waals surface area contributed by atoms with Crippen LogP contribution in [0.25, 0.3) is 0 Å². The van der Waals surface area contributed by atoms with Crippen molar-refractivity contribution in [3.05, 3.63) is 48.0 Å². The van der Waals surface area contributed by atoms with Crippen molar-refractivity contribution in [1.29, 1.82) is 0 Å². The molecule has 0 bridgehead atoms. The summed E-state index contributed by atoms with van der Waals surface area (Å²) in [5.74, 6) is -0.863. The third kappa shape index (κ3) is 2.00. The molecule has 2 aromatic rings. The van der Waals surface area contributed by atoms with Crippen LogP contribution in [0.15, 0.2) is 36.9 Å². The van der Waals surface area contributed by atoms with E-state index in [1.165, 1.54) is 12.7 Å². The van der Waals surface area contributed by atoms with E-state index < -0.39 is 11.8 Å². The van der Waals surface area contributed by atoms with Gasteiger partial charge in [0.1, 0.15) is 12.7 Å². The van der Waals surface area contributed by atoms with Gasteiger partial charge in [-0.1, -0.05) is 12.1 Å². The molecule has 0 N–H and O–H groups in total. The van der Waals surface area contributed by atoms with Crippen LogP contribution in [0.3, 0.4) is 0 Å². The van der Waals surface area contributed by atoms with Gasteiger partial charge in [0.25, 0.3) is 11.8 Å². The lowest BCUT2D eigenvalue weighted by Gasteiger charge is -2.12. The third-order valence-corrected chi connectivity index (χ3v) is 2.76. The number of aromatic nitrogens is 3. The Morgan fingerprint density at radius 1 is 1.11 bits per heavy atom. The predicted octanol–water partition coefficient (Wildman–Crippen LogP) is 0.506. The fourth-order valence-electron chi connectivity index (χ4n) is 1.86. The summed E-state index contributed by atoms with van der Waals surface area (Å²) in [6, 6.07) is 6.64. The van der Waals surface area contributed by atoms with Crippen LogP contribution >= 0.6 is 0 Å². The van der Waals surface area contributed by atoms with E-state index in [2.05, 4.69) is 10.1 Å². The predicted molar refractivity (Wildman–Crippen MR) is 62.9 cm³/mol. The molecule has 0 atom stereocenters. The van der Waals surface area contributed by atoms with Gasteiger partial charge in [-0.05, 0) is 12.1 Å². The highest BCUT2D eigenvalue weighted by Gasteiger charge is 2.36. The van der Waals surface area contributed by atoms with Gasteiger partial charge < -0.3 is 0 Å². The summed E-state index contributed by atoms with van der Waals surface area (Å²) in [5, 5.41) is 4.69. The van der Waals surface area contributed by atoms with Gasteiger partial charge in [-0.25, -0.2) is 4.98 Å². The van der Waals surface area contributed by atoms with Crippen LogP contribution in [-0.4, -0.2) is 38.2 Å². The molecular weight excluding hydrogens is 248 g/mol. The van der Waals surface area contributed by atoms with Gasteiger partial charge >= 0.3 is 0 Å². The minimum atomic E-state index is -0.431. The van der Waals surface area contributed by atoms with Crippen molar-refractivity contribution < 1.29 is 14.4 Å². The van der Waals surface area contributed by atoms with Crippen molar-refractivity contribution in [3.8, 4) is 0 Å². The second-order valence-electron chi connectivity index (χ2n) is 3.94. The van der Waals surface area contributed by atoms with E-state index in [0.29, 0.717) is 17.7 Å². The molecule has 1 aliphatic heterocycles. The Labute approximate surface area is 108 Å². The molecule has 0 fully saturated rings. The average molecular weight is 258 g/mol. The zero-order chi connectivity index (χ0) is 13.2. The zero-order valence-corrected chi connectivity index (χ0v) is 9.89. The highest BCUT2D eigenvalue weighted by molar-refractivity contribution is 6.20. The summed E-state index contributed by atoms with van der Waals surface area (Å²) >= 11 is 0. The number of carbonyl (C=O) groups excluding carboxylic acids is 2.